The first-order valence-electron chi connectivity index (χ1n) is 5.79. The fourth-order valence-corrected chi connectivity index (χ4v) is 2.03. The largest absolute Gasteiger partial charge is 0.481 e. The molecule has 3 nitrogen and oxygen atoms in total. The lowest BCUT2D eigenvalue weighted by Gasteiger charge is -2.01. The molecular formula is C14H15FO3S. The zero-order valence-electron chi connectivity index (χ0n) is 10.6. The van der Waals surface area contributed by atoms with E-state index in [4.69, 9.17) is 5.11 Å². The van der Waals surface area contributed by atoms with E-state index >= 15 is 0 Å². The summed E-state index contributed by atoms with van der Waals surface area (Å²) in [5.74, 6) is -0.675. The third kappa shape index (κ3) is 6.20. The minimum atomic E-state index is -0.945. The second-order valence-electron chi connectivity index (χ2n) is 3.96. The van der Waals surface area contributed by atoms with Gasteiger partial charge in [0.05, 0.1) is 6.42 Å². The van der Waals surface area contributed by atoms with Gasteiger partial charge in [0.25, 0.3) is 0 Å². The first-order valence-corrected chi connectivity index (χ1v) is 6.77. The van der Waals surface area contributed by atoms with Gasteiger partial charge in [-0.1, -0.05) is 30.0 Å². The average molecular weight is 282 g/mol. The molecule has 0 saturated carbocycles. The Morgan fingerprint density at radius 3 is 2.79 bits per heavy atom. The molecule has 0 heterocycles. The van der Waals surface area contributed by atoms with Crippen LogP contribution in [0, 0.1) is 5.82 Å². The number of carboxylic acid groups (broad SMARTS) is 1. The predicted molar refractivity (Wildman–Crippen MR) is 74.5 cm³/mol. The molecule has 1 aromatic carbocycles. The summed E-state index contributed by atoms with van der Waals surface area (Å²) in [7, 11) is 0. The summed E-state index contributed by atoms with van der Waals surface area (Å²) in [6.07, 6.45) is 3.93. The van der Waals surface area contributed by atoms with Crippen molar-refractivity contribution >= 4 is 28.9 Å². The summed E-state index contributed by atoms with van der Waals surface area (Å²) in [5, 5.41) is 8.74. The van der Waals surface area contributed by atoms with Crippen molar-refractivity contribution in [3.05, 3.63) is 41.2 Å². The van der Waals surface area contributed by atoms with Crippen molar-refractivity contribution < 1.29 is 19.1 Å². The zero-order valence-corrected chi connectivity index (χ0v) is 11.4. The van der Waals surface area contributed by atoms with Gasteiger partial charge in [0.1, 0.15) is 5.82 Å². The molecule has 102 valence electrons. The van der Waals surface area contributed by atoms with Crippen molar-refractivity contribution in [3.8, 4) is 0 Å². The Kier molecular flexibility index (Phi) is 6.29. The van der Waals surface area contributed by atoms with E-state index in [9.17, 15) is 14.0 Å². The highest BCUT2D eigenvalue weighted by atomic mass is 32.2. The summed E-state index contributed by atoms with van der Waals surface area (Å²) >= 11 is 1.22. The second-order valence-corrected chi connectivity index (χ2v) is 5.23. The maximum Gasteiger partial charge on any atom is 0.307 e. The smallest absolute Gasteiger partial charge is 0.307 e. The van der Waals surface area contributed by atoms with Crippen molar-refractivity contribution in [2.75, 3.05) is 5.75 Å². The van der Waals surface area contributed by atoms with Crippen LogP contribution >= 0.6 is 11.8 Å². The van der Waals surface area contributed by atoms with Gasteiger partial charge in [-0.2, -0.15) is 0 Å². The van der Waals surface area contributed by atoms with Gasteiger partial charge >= 0.3 is 5.97 Å². The lowest BCUT2D eigenvalue weighted by molar-refractivity contribution is -0.136. The van der Waals surface area contributed by atoms with Crippen molar-refractivity contribution in [3.63, 3.8) is 0 Å². The van der Waals surface area contributed by atoms with Crippen molar-refractivity contribution in [1.82, 2.24) is 0 Å². The van der Waals surface area contributed by atoms with Crippen LogP contribution in [0.1, 0.15) is 24.5 Å². The summed E-state index contributed by atoms with van der Waals surface area (Å²) in [6, 6.07) is 4.26. The monoisotopic (exact) mass is 282 g/mol. The Hall–Kier alpha value is -1.62. The number of carboxylic acids is 1. The Balaban J connectivity index is 2.63. The Labute approximate surface area is 115 Å². The molecule has 0 aliphatic heterocycles. The number of carbonyl (C=O) groups excluding carboxylic acids is 1. The fourth-order valence-electron chi connectivity index (χ4n) is 1.49. The normalized spacial score (nSPS) is 10.8. The maximum atomic E-state index is 13.5. The Bertz CT molecular complexity index is 497. The van der Waals surface area contributed by atoms with Crippen molar-refractivity contribution in [2.45, 2.75) is 19.8 Å². The quantitative estimate of drug-likeness (QED) is 0.814. The van der Waals surface area contributed by atoms with E-state index in [1.807, 2.05) is 0 Å². The van der Waals surface area contributed by atoms with Crippen LogP contribution < -0.4 is 0 Å². The molecule has 0 aromatic heterocycles. The topological polar surface area (TPSA) is 54.4 Å². The number of carbonyl (C=O) groups is 2. The molecule has 5 heteroatoms. The zero-order chi connectivity index (χ0) is 14.3. The highest BCUT2D eigenvalue weighted by molar-refractivity contribution is 8.13. The van der Waals surface area contributed by atoms with Crippen LogP contribution in [0.25, 0.3) is 6.08 Å². The van der Waals surface area contributed by atoms with Gasteiger partial charge in [-0.25, -0.2) is 4.39 Å². The average Bonchev–Trinajstić information content (AvgIpc) is 2.31. The lowest BCUT2D eigenvalue weighted by atomic mass is 10.1. The molecule has 19 heavy (non-hydrogen) atoms. The molecule has 0 saturated heterocycles. The van der Waals surface area contributed by atoms with Crippen LogP contribution in [-0.2, 0) is 16.0 Å². The third-order valence-electron chi connectivity index (χ3n) is 2.30. The number of aliphatic carboxylic acids is 1. The molecule has 1 N–H and O–H groups in total. The molecular weight excluding hydrogens is 267 g/mol. The summed E-state index contributed by atoms with van der Waals surface area (Å²) in [5.41, 5.74) is 0.929. The van der Waals surface area contributed by atoms with Gasteiger partial charge in [-0.05, 0) is 24.1 Å². The van der Waals surface area contributed by atoms with E-state index < -0.39 is 5.97 Å². The Morgan fingerprint density at radius 2 is 2.16 bits per heavy atom. The highest BCUT2D eigenvalue weighted by Gasteiger charge is 2.04. The standard InChI is InChI=1S/C14H15FO3S/c1-10(16)19-7-3-2-4-12-8-11(9-14(17)18)5-6-13(12)15/h2,4-6,8H,3,7,9H2,1H3,(H,17,18). The first-order chi connectivity index (χ1) is 8.99. The number of rotatable bonds is 6. The number of benzene rings is 1. The fraction of sp³-hybridized carbons (Fsp3) is 0.286. The SMILES string of the molecule is CC(=O)SCCC=Cc1cc(CC(=O)O)ccc1F. The molecule has 0 unspecified atom stereocenters. The molecule has 0 amide bonds. The van der Waals surface area contributed by atoms with Gasteiger partial charge in [0, 0.05) is 18.2 Å². The molecule has 0 radical (unpaired) electrons. The van der Waals surface area contributed by atoms with Gasteiger partial charge in [-0.3, -0.25) is 9.59 Å². The number of hydrogen-bond donors (Lipinski definition) is 1. The molecule has 0 spiro atoms. The highest BCUT2D eigenvalue weighted by Crippen LogP contribution is 2.14. The van der Waals surface area contributed by atoms with Crippen LogP contribution in [0.2, 0.25) is 0 Å². The molecule has 1 aromatic rings. The van der Waals surface area contributed by atoms with Gasteiger partial charge in [0.15, 0.2) is 5.12 Å². The molecule has 0 atom stereocenters. The summed E-state index contributed by atoms with van der Waals surface area (Å²) in [6.45, 7) is 1.50. The molecule has 0 fully saturated rings. The van der Waals surface area contributed by atoms with Crippen molar-refractivity contribution in [2.24, 2.45) is 0 Å². The maximum absolute atomic E-state index is 13.5. The van der Waals surface area contributed by atoms with Gasteiger partial charge in [0.2, 0.25) is 0 Å². The van der Waals surface area contributed by atoms with Crippen molar-refractivity contribution in [1.29, 1.82) is 0 Å². The van der Waals surface area contributed by atoms with Crippen LogP contribution in [0.3, 0.4) is 0 Å². The molecule has 1 rings (SSSR count). The number of hydrogen-bond acceptors (Lipinski definition) is 3. The Morgan fingerprint density at radius 1 is 1.42 bits per heavy atom. The van der Waals surface area contributed by atoms with Crippen LogP contribution in [0.5, 0.6) is 0 Å². The molecule has 0 bridgehead atoms. The summed E-state index contributed by atoms with van der Waals surface area (Å²) < 4.78 is 13.5. The minimum absolute atomic E-state index is 0.0584. The number of halogens is 1. The van der Waals surface area contributed by atoms with E-state index in [-0.39, 0.29) is 17.4 Å². The van der Waals surface area contributed by atoms with E-state index in [0.717, 1.165) is 0 Å². The predicted octanol–water partition coefficient (Wildman–Crippen LogP) is 3.14. The van der Waals surface area contributed by atoms with E-state index in [1.54, 1.807) is 12.2 Å². The number of thioether (sulfide) groups is 1. The van der Waals surface area contributed by atoms with E-state index in [2.05, 4.69) is 0 Å². The lowest BCUT2D eigenvalue weighted by Crippen LogP contribution is -2.00. The van der Waals surface area contributed by atoms with Gasteiger partial charge < -0.3 is 5.11 Å². The van der Waals surface area contributed by atoms with Gasteiger partial charge in [-0.15, -0.1) is 0 Å². The van der Waals surface area contributed by atoms with Crippen LogP contribution in [0.4, 0.5) is 4.39 Å². The first kappa shape index (κ1) is 15.4. The molecule has 0 aliphatic carbocycles. The second kappa shape index (κ2) is 7.74. The van der Waals surface area contributed by atoms with Crippen LogP contribution in [-0.4, -0.2) is 21.9 Å². The van der Waals surface area contributed by atoms with E-state index in [1.165, 1.54) is 36.9 Å². The number of allylic oxidation sites excluding steroid dienone is 1. The van der Waals surface area contributed by atoms with Crippen LogP contribution in [0.15, 0.2) is 24.3 Å². The minimum Gasteiger partial charge on any atom is -0.481 e. The summed E-state index contributed by atoms with van der Waals surface area (Å²) in [4.78, 5) is 21.3. The van der Waals surface area contributed by atoms with E-state index in [0.29, 0.717) is 23.3 Å². The molecule has 0 aliphatic rings. The third-order valence-corrected chi connectivity index (χ3v) is 3.15.